The van der Waals surface area contributed by atoms with Gasteiger partial charge in [0.1, 0.15) is 5.52 Å². The van der Waals surface area contributed by atoms with Crippen LogP contribution in [0, 0.1) is 0 Å². The number of benzene rings is 1. The Morgan fingerprint density at radius 2 is 2.19 bits per heavy atom. The number of halogens is 1. The number of hydrogen-bond acceptors (Lipinski definition) is 4. The third-order valence-electron chi connectivity index (χ3n) is 2.29. The zero-order valence-corrected chi connectivity index (χ0v) is 10.5. The van der Waals surface area contributed by atoms with E-state index in [1.807, 2.05) is 29.6 Å². The van der Waals surface area contributed by atoms with E-state index in [0.29, 0.717) is 5.89 Å². The number of para-hydroxylation sites is 1. The first-order valence-electron chi connectivity index (χ1n) is 4.64. The Labute approximate surface area is 104 Å². The van der Waals surface area contributed by atoms with Crippen LogP contribution in [0.25, 0.3) is 22.6 Å². The highest BCUT2D eigenvalue weighted by Crippen LogP contribution is 2.34. The van der Waals surface area contributed by atoms with Crippen LogP contribution in [-0.2, 0) is 0 Å². The topological polar surface area (TPSA) is 52.0 Å². The van der Waals surface area contributed by atoms with Crippen molar-refractivity contribution in [2.24, 2.45) is 0 Å². The molecule has 0 aliphatic rings. The highest BCUT2D eigenvalue weighted by atomic mass is 79.9. The number of oxazole rings is 1. The SMILES string of the molecule is Nc1sccc1-c1nc2cccc(Br)c2o1. The fraction of sp³-hybridized carbons (Fsp3) is 0. The predicted molar refractivity (Wildman–Crippen MR) is 69.4 cm³/mol. The fourth-order valence-electron chi connectivity index (χ4n) is 1.53. The molecule has 3 rings (SSSR count). The van der Waals surface area contributed by atoms with Gasteiger partial charge in [-0.3, -0.25) is 0 Å². The molecule has 2 N–H and O–H groups in total. The third kappa shape index (κ3) is 1.44. The maximum atomic E-state index is 5.84. The van der Waals surface area contributed by atoms with Crippen LogP contribution in [0.1, 0.15) is 0 Å². The van der Waals surface area contributed by atoms with Crippen molar-refractivity contribution in [3.8, 4) is 11.5 Å². The molecule has 0 unspecified atom stereocenters. The second-order valence-corrected chi connectivity index (χ2v) is 5.11. The monoisotopic (exact) mass is 294 g/mol. The molecule has 80 valence electrons. The van der Waals surface area contributed by atoms with Gasteiger partial charge in [0.15, 0.2) is 5.58 Å². The van der Waals surface area contributed by atoms with E-state index < -0.39 is 0 Å². The van der Waals surface area contributed by atoms with Gasteiger partial charge in [-0.15, -0.1) is 11.3 Å². The second-order valence-electron chi connectivity index (χ2n) is 3.31. The van der Waals surface area contributed by atoms with Gasteiger partial charge in [-0.05, 0) is 39.5 Å². The molecule has 0 spiro atoms. The van der Waals surface area contributed by atoms with Crippen molar-refractivity contribution in [1.29, 1.82) is 0 Å². The number of hydrogen-bond donors (Lipinski definition) is 1. The lowest BCUT2D eigenvalue weighted by Gasteiger charge is -1.91. The summed E-state index contributed by atoms with van der Waals surface area (Å²) in [6.07, 6.45) is 0. The van der Waals surface area contributed by atoms with Gasteiger partial charge in [-0.2, -0.15) is 0 Å². The average molecular weight is 295 g/mol. The van der Waals surface area contributed by atoms with Crippen LogP contribution in [0.3, 0.4) is 0 Å². The van der Waals surface area contributed by atoms with Gasteiger partial charge in [0.2, 0.25) is 5.89 Å². The normalized spacial score (nSPS) is 11.1. The van der Waals surface area contributed by atoms with Crippen LogP contribution < -0.4 is 5.73 Å². The van der Waals surface area contributed by atoms with Gasteiger partial charge in [0.25, 0.3) is 0 Å². The highest BCUT2D eigenvalue weighted by molar-refractivity contribution is 9.10. The molecule has 2 aromatic heterocycles. The first-order valence-corrected chi connectivity index (χ1v) is 6.31. The van der Waals surface area contributed by atoms with Crippen molar-refractivity contribution in [1.82, 2.24) is 4.98 Å². The Bertz CT molecular complexity index is 659. The first-order chi connectivity index (χ1) is 7.75. The van der Waals surface area contributed by atoms with Crippen LogP contribution in [0.4, 0.5) is 5.00 Å². The molecule has 0 aliphatic heterocycles. The minimum atomic E-state index is 0.570. The summed E-state index contributed by atoms with van der Waals surface area (Å²) < 4.78 is 6.59. The van der Waals surface area contributed by atoms with E-state index in [1.54, 1.807) is 0 Å². The zero-order valence-electron chi connectivity index (χ0n) is 8.11. The number of nitrogens with two attached hydrogens (primary N) is 1. The molecule has 2 heterocycles. The van der Waals surface area contributed by atoms with Gasteiger partial charge in [-0.1, -0.05) is 6.07 Å². The molecule has 3 nitrogen and oxygen atoms in total. The molecule has 5 heteroatoms. The fourth-order valence-corrected chi connectivity index (χ4v) is 2.60. The standard InChI is InChI=1S/C11H7BrN2OS/c12-7-2-1-3-8-9(7)15-11(14-8)6-4-5-16-10(6)13/h1-5H,13H2. The van der Waals surface area contributed by atoms with Crippen LogP contribution in [0.5, 0.6) is 0 Å². The summed E-state index contributed by atoms with van der Waals surface area (Å²) in [4.78, 5) is 4.41. The van der Waals surface area contributed by atoms with Crippen molar-refractivity contribution in [2.45, 2.75) is 0 Å². The molecule has 0 aliphatic carbocycles. The van der Waals surface area contributed by atoms with Gasteiger partial charge >= 0.3 is 0 Å². The summed E-state index contributed by atoms with van der Waals surface area (Å²) in [6, 6.07) is 7.68. The molecule has 0 saturated heterocycles. The van der Waals surface area contributed by atoms with Gasteiger partial charge < -0.3 is 10.2 Å². The summed E-state index contributed by atoms with van der Waals surface area (Å²) in [5.74, 6) is 0.570. The Morgan fingerprint density at radius 1 is 1.31 bits per heavy atom. The van der Waals surface area contributed by atoms with Gasteiger partial charge in [0.05, 0.1) is 15.0 Å². The number of nitrogen functional groups attached to an aromatic ring is 1. The van der Waals surface area contributed by atoms with Crippen LogP contribution in [0.2, 0.25) is 0 Å². The summed E-state index contributed by atoms with van der Waals surface area (Å²) >= 11 is 4.91. The Morgan fingerprint density at radius 3 is 2.88 bits per heavy atom. The molecule has 0 fully saturated rings. The second kappa shape index (κ2) is 3.61. The maximum Gasteiger partial charge on any atom is 0.230 e. The van der Waals surface area contributed by atoms with E-state index in [-0.39, 0.29) is 0 Å². The number of thiophene rings is 1. The zero-order chi connectivity index (χ0) is 11.1. The van der Waals surface area contributed by atoms with E-state index in [9.17, 15) is 0 Å². The van der Waals surface area contributed by atoms with Crippen molar-refractivity contribution in [3.63, 3.8) is 0 Å². The number of aromatic nitrogens is 1. The average Bonchev–Trinajstić information content (AvgIpc) is 2.84. The van der Waals surface area contributed by atoms with Crippen molar-refractivity contribution in [3.05, 3.63) is 34.1 Å². The quantitative estimate of drug-likeness (QED) is 0.740. The molecular weight excluding hydrogens is 288 g/mol. The van der Waals surface area contributed by atoms with Gasteiger partial charge in [-0.25, -0.2) is 4.98 Å². The summed E-state index contributed by atoms with van der Waals surface area (Å²) in [6.45, 7) is 0. The molecule has 3 aromatic rings. The van der Waals surface area contributed by atoms with E-state index in [1.165, 1.54) is 11.3 Å². The van der Waals surface area contributed by atoms with Crippen LogP contribution >= 0.6 is 27.3 Å². The molecule has 0 amide bonds. The van der Waals surface area contributed by atoms with E-state index in [2.05, 4.69) is 20.9 Å². The predicted octanol–water partition coefficient (Wildman–Crippen LogP) is 3.90. The molecule has 0 saturated carbocycles. The minimum absolute atomic E-state index is 0.570. The van der Waals surface area contributed by atoms with Crippen molar-refractivity contribution in [2.75, 3.05) is 5.73 Å². The summed E-state index contributed by atoms with van der Waals surface area (Å²) in [5, 5.41) is 2.65. The van der Waals surface area contributed by atoms with Crippen LogP contribution in [-0.4, -0.2) is 4.98 Å². The first kappa shape index (κ1) is 9.86. The third-order valence-corrected chi connectivity index (χ3v) is 3.66. The Kier molecular flexibility index (Phi) is 2.22. The van der Waals surface area contributed by atoms with E-state index >= 15 is 0 Å². The molecule has 0 bridgehead atoms. The van der Waals surface area contributed by atoms with E-state index in [4.69, 9.17) is 10.2 Å². The Hall–Kier alpha value is -1.33. The largest absolute Gasteiger partial charge is 0.435 e. The molecule has 16 heavy (non-hydrogen) atoms. The number of rotatable bonds is 1. The molecule has 0 radical (unpaired) electrons. The smallest absolute Gasteiger partial charge is 0.230 e. The van der Waals surface area contributed by atoms with Crippen molar-refractivity contribution >= 4 is 43.4 Å². The number of anilines is 1. The Balaban J connectivity index is 2.27. The maximum absolute atomic E-state index is 5.84. The number of fused-ring (bicyclic) bond motifs is 1. The lowest BCUT2D eigenvalue weighted by Crippen LogP contribution is -1.82. The highest BCUT2D eigenvalue weighted by Gasteiger charge is 2.13. The minimum Gasteiger partial charge on any atom is -0.435 e. The van der Waals surface area contributed by atoms with Gasteiger partial charge in [0, 0.05) is 0 Å². The molecule has 1 aromatic carbocycles. The summed E-state index contributed by atoms with van der Waals surface area (Å²) in [5.41, 5.74) is 8.28. The molecule has 0 atom stereocenters. The number of nitrogens with zero attached hydrogens (tertiary/aromatic N) is 1. The van der Waals surface area contributed by atoms with Crippen LogP contribution in [0.15, 0.2) is 38.5 Å². The van der Waals surface area contributed by atoms with Crippen molar-refractivity contribution < 1.29 is 4.42 Å². The van der Waals surface area contributed by atoms with E-state index in [0.717, 1.165) is 26.1 Å². The summed E-state index contributed by atoms with van der Waals surface area (Å²) in [7, 11) is 0. The molecular formula is C11H7BrN2OS. The lowest BCUT2D eigenvalue weighted by atomic mass is 10.3. The lowest BCUT2D eigenvalue weighted by molar-refractivity contribution is 0.618.